The largest absolute Gasteiger partial charge is 0.497 e. The number of ether oxygens (including phenoxy) is 1. The highest BCUT2D eigenvalue weighted by molar-refractivity contribution is 7.89. The summed E-state index contributed by atoms with van der Waals surface area (Å²) in [6.45, 7) is 1.93. The molecule has 0 saturated heterocycles. The fourth-order valence-electron chi connectivity index (χ4n) is 4.14. The van der Waals surface area contributed by atoms with Gasteiger partial charge in [0.25, 0.3) is 10.0 Å². The Morgan fingerprint density at radius 1 is 0.970 bits per heavy atom. The zero-order valence-corrected chi connectivity index (χ0v) is 19.4. The molecular formula is C28H25NO3S. The number of aryl methyl sites for hydroxylation is 1. The SMILES string of the molecule is COc1ccc2c(c1)[C@@H](c1ccccc1)C(NS(=O)(=O)c1ccc(C)cc1)=C2C#CC1CC1. The second-order valence-corrected chi connectivity index (χ2v) is 10.2. The van der Waals surface area contributed by atoms with Crippen LogP contribution in [-0.2, 0) is 10.0 Å². The number of nitrogens with one attached hydrogen (secondary N) is 1. The van der Waals surface area contributed by atoms with Crippen molar-refractivity contribution in [3.8, 4) is 17.6 Å². The van der Waals surface area contributed by atoms with Gasteiger partial charge in [0, 0.05) is 5.92 Å². The minimum Gasteiger partial charge on any atom is -0.497 e. The van der Waals surface area contributed by atoms with Gasteiger partial charge in [-0.2, -0.15) is 0 Å². The van der Waals surface area contributed by atoms with Gasteiger partial charge in [-0.3, -0.25) is 4.72 Å². The van der Waals surface area contributed by atoms with Crippen LogP contribution < -0.4 is 9.46 Å². The van der Waals surface area contributed by atoms with Gasteiger partial charge in [0.2, 0.25) is 0 Å². The van der Waals surface area contributed by atoms with Crippen molar-refractivity contribution in [2.45, 2.75) is 30.6 Å². The first-order valence-corrected chi connectivity index (χ1v) is 12.5. The minimum atomic E-state index is -3.80. The van der Waals surface area contributed by atoms with Gasteiger partial charge in [-0.05, 0) is 66.8 Å². The molecule has 2 aliphatic rings. The van der Waals surface area contributed by atoms with Crippen LogP contribution in [0.1, 0.15) is 41.0 Å². The van der Waals surface area contributed by atoms with Crippen molar-refractivity contribution in [2.24, 2.45) is 5.92 Å². The summed E-state index contributed by atoms with van der Waals surface area (Å²) in [6, 6.07) is 22.7. The molecule has 5 heteroatoms. The molecule has 0 radical (unpaired) electrons. The van der Waals surface area contributed by atoms with Gasteiger partial charge >= 0.3 is 0 Å². The number of sulfonamides is 1. The maximum atomic E-state index is 13.4. The van der Waals surface area contributed by atoms with E-state index in [2.05, 4.69) is 16.6 Å². The van der Waals surface area contributed by atoms with Gasteiger partial charge in [0.1, 0.15) is 5.75 Å². The molecule has 0 aliphatic heterocycles. The van der Waals surface area contributed by atoms with Crippen LogP contribution in [-0.4, -0.2) is 15.5 Å². The van der Waals surface area contributed by atoms with Gasteiger partial charge in [-0.1, -0.05) is 59.9 Å². The summed E-state index contributed by atoms with van der Waals surface area (Å²) in [5.41, 5.74) is 5.27. The Hall–Kier alpha value is -3.49. The molecule has 166 valence electrons. The lowest BCUT2D eigenvalue weighted by Gasteiger charge is -2.19. The monoisotopic (exact) mass is 455 g/mol. The maximum Gasteiger partial charge on any atom is 0.261 e. The molecule has 0 heterocycles. The van der Waals surface area contributed by atoms with E-state index < -0.39 is 10.0 Å². The highest BCUT2D eigenvalue weighted by Gasteiger charge is 2.35. The van der Waals surface area contributed by atoms with Gasteiger partial charge in [0.15, 0.2) is 0 Å². The number of hydrogen-bond acceptors (Lipinski definition) is 3. The lowest BCUT2D eigenvalue weighted by Crippen LogP contribution is -2.26. The Morgan fingerprint density at radius 2 is 1.70 bits per heavy atom. The highest BCUT2D eigenvalue weighted by atomic mass is 32.2. The summed E-state index contributed by atoms with van der Waals surface area (Å²) < 4.78 is 35.3. The molecule has 1 fully saturated rings. The zero-order chi connectivity index (χ0) is 23.0. The van der Waals surface area contributed by atoms with E-state index in [4.69, 9.17) is 4.74 Å². The Labute approximate surface area is 195 Å². The third-order valence-electron chi connectivity index (χ3n) is 6.08. The smallest absolute Gasteiger partial charge is 0.261 e. The average molecular weight is 456 g/mol. The van der Waals surface area contributed by atoms with Gasteiger partial charge in [-0.15, -0.1) is 0 Å². The van der Waals surface area contributed by atoms with E-state index in [1.54, 1.807) is 31.4 Å². The van der Waals surface area contributed by atoms with Crippen molar-refractivity contribution in [3.05, 3.63) is 101 Å². The Bertz CT molecular complexity index is 1390. The molecule has 0 amide bonds. The van der Waals surface area contributed by atoms with Crippen LogP contribution in [0.4, 0.5) is 0 Å². The highest BCUT2D eigenvalue weighted by Crippen LogP contribution is 2.46. The molecule has 0 bridgehead atoms. The van der Waals surface area contributed by atoms with Crippen LogP contribution in [0.15, 0.2) is 83.4 Å². The van der Waals surface area contributed by atoms with Crippen molar-refractivity contribution >= 4 is 15.6 Å². The van der Waals surface area contributed by atoms with E-state index in [0.29, 0.717) is 11.6 Å². The number of fused-ring (bicyclic) bond motifs is 1. The normalized spacial score (nSPS) is 17.2. The first-order chi connectivity index (χ1) is 16.0. The van der Waals surface area contributed by atoms with E-state index in [9.17, 15) is 8.42 Å². The number of methoxy groups -OCH3 is 1. The van der Waals surface area contributed by atoms with E-state index >= 15 is 0 Å². The number of benzene rings is 3. The summed E-state index contributed by atoms with van der Waals surface area (Å²) in [4.78, 5) is 0.232. The van der Waals surface area contributed by atoms with Crippen molar-refractivity contribution in [3.63, 3.8) is 0 Å². The lowest BCUT2D eigenvalue weighted by atomic mass is 9.91. The second-order valence-electron chi connectivity index (χ2n) is 8.55. The number of allylic oxidation sites excluding steroid dienone is 2. The predicted octanol–water partition coefficient (Wildman–Crippen LogP) is 5.25. The molecule has 1 saturated carbocycles. The molecule has 5 rings (SSSR count). The van der Waals surface area contributed by atoms with Gasteiger partial charge in [-0.25, -0.2) is 8.42 Å². The first kappa shape index (κ1) is 21.4. The minimum absolute atomic E-state index is 0.232. The molecule has 0 aromatic heterocycles. The summed E-state index contributed by atoms with van der Waals surface area (Å²) in [5.74, 6) is 7.49. The molecule has 4 nitrogen and oxygen atoms in total. The third-order valence-corrected chi connectivity index (χ3v) is 7.47. The Balaban J connectivity index is 1.68. The molecule has 0 spiro atoms. The molecule has 1 atom stereocenters. The summed E-state index contributed by atoms with van der Waals surface area (Å²) in [7, 11) is -2.16. The topological polar surface area (TPSA) is 55.4 Å². The summed E-state index contributed by atoms with van der Waals surface area (Å²) in [6.07, 6.45) is 2.20. The Kier molecular flexibility index (Phi) is 5.47. The molecule has 3 aromatic carbocycles. The lowest BCUT2D eigenvalue weighted by molar-refractivity contribution is 0.414. The van der Waals surface area contributed by atoms with E-state index in [0.717, 1.165) is 46.4 Å². The van der Waals surface area contributed by atoms with Crippen LogP contribution >= 0.6 is 0 Å². The average Bonchev–Trinajstić information content (AvgIpc) is 3.60. The van der Waals surface area contributed by atoms with Gasteiger partial charge < -0.3 is 4.74 Å². The standard InChI is InChI=1S/C28H25NO3S/c1-19-8-14-23(15-9-19)33(30,31)29-28-25(16-12-20-10-11-20)24-17-13-22(32-2)18-26(24)27(28)21-6-4-3-5-7-21/h3-9,13-15,17-18,20,27,29H,10-11H2,1-2H3/t27-/m1/s1. The van der Waals surface area contributed by atoms with E-state index in [1.165, 1.54) is 0 Å². The van der Waals surface area contributed by atoms with Crippen LogP contribution in [0.3, 0.4) is 0 Å². The van der Waals surface area contributed by atoms with Crippen molar-refractivity contribution in [1.82, 2.24) is 4.72 Å². The Morgan fingerprint density at radius 3 is 2.36 bits per heavy atom. The fourth-order valence-corrected chi connectivity index (χ4v) is 5.26. The number of rotatable bonds is 5. The van der Waals surface area contributed by atoms with Crippen molar-refractivity contribution < 1.29 is 13.2 Å². The first-order valence-electron chi connectivity index (χ1n) is 11.0. The van der Waals surface area contributed by atoms with E-state index in [-0.39, 0.29) is 10.8 Å². The van der Waals surface area contributed by atoms with Crippen LogP contribution in [0.5, 0.6) is 5.75 Å². The second kappa shape index (κ2) is 8.46. The third kappa shape index (κ3) is 4.27. The molecule has 33 heavy (non-hydrogen) atoms. The zero-order valence-electron chi connectivity index (χ0n) is 18.6. The molecule has 3 aromatic rings. The summed E-state index contributed by atoms with van der Waals surface area (Å²) >= 11 is 0. The van der Waals surface area contributed by atoms with E-state index in [1.807, 2.05) is 55.5 Å². The maximum absolute atomic E-state index is 13.4. The molecular weight excluding hydrogens is 430 g/mol. The van der Waals surface area contributed by atoms with Crippen LogP contribution in [0.25, 0.3) is 5.57 Å². The summed E-state index contributed by atoms with van der Waals surface area (Å²) in [5, 5.41) is 0. The van der Waals surface area contributed by atoms with Crippen molar-refractivity contribution in [2.75, 3.05) is 7.11 Å². The molecule has 1 N–H and O–H groups in total. The van der Waals surface area contributed by atoms with Crippen LogP contribution in [0, 0.1) is 24.7 Å². The van der Waals surface area contributed by atoms with Gasteiger partial charge in [0.05, 0.1) is 29.2 Å². The number of hydrogen-bond donors (Lipinski definition) is 1. The molecule has 0 unspecified atom stereocenters. The quantitative estimate of drug-likeness (QED) is 0.535. The molecule has 2 aliphatic carbocycles. The predicted molar refractivity (Wildman–Crippen MR) is 130 cm³/mol. The van der Waals surface area contributed by atoms with Crippen LogP contribution in [0.2, 0.25) is 0 Å². The fraction of sp³-hybridized carbons (Fsp3) is 0.214. The van der Waals surface area contributed by atoms with Crippen molar-refractivity contribution in [1.29, 1.82) is 0 Å².